The smallest absolute Gasteiger partial charge is 0.322 e. The lowest BCUT2D eigenvalue weighted by atomic mass is 10.2. The minimum Gasteiger partial charge on any atom is -0.468 e. The van der Waals surface area contributed by atoms with Crippen LogP contribution in [0.25, 0.3) is 0 Å². The Morgan fingerprint density at radius 2 is 2.28 bits per heavy atom. The lowest BCUT2D eigenvalue weighted by molar-refractivity contribution is -0.143. The zero-order valence-electron chi connectivity index (χ0n) is 11.2. The Morgan fingerprint density at radius 3 is 2.83 bits per heavy atom. The third-order valence-electron chi connectivity index (χ3n) is 3.55. The third-order valence-corrected chi connectivity index (χ3v) is 5.06. The molecule has 4 nitrogen and oxygen atoms in total. The van der Waals surface area contributed by atoms with Crippen molar-refractivity contribution in [3.63, 3.8) is 0 Å². The molecule has 3 atom stereocenters. The Balaban J connectivity index is 1.69. The minimum atomic E-state index is -0.132. The molecule has 18 heavy (non-hydrogen) atoms. The molecule has 0 aromatic carbocycles. The summed E-state index contributed by atoms with van der Waals surface area (Å²) in [4.78, 5) is 11.6. The molecule has 5 heteroatoms. The molecule has 0 amide bonds. The second kappa shape index (κ2) is 6.78. The highest BCUT2D eigenvalue weighted by Crippen LogP contribution is 2.27. The predicted molar refractivity (Wildman–Crippen MR) is 72.9 cm³/mol. The van der Waals surface area contributed by atoms with Crippen LogP contribution in [0.1, 0.15) is 32.6 Å². The van der Waals surface area contributed by atoms with Gasteiger partial charge in [-0.15, -0.1) is 0 Å². The van der Waals surface area contributed by atoms with Gasteiger partial charge in [-0.25, -0.2) is 0 Å². The number of carbonyl (C=O) groups excluding carboxylic acids is 1. The normalized spacial score (nSPS) is 29.2. The first-order valence-electron chi connectivity index (χ1n) is 6.77. The SMILES string of the molecule is COC(=O)C(CCSC1CCOC1C)NC1CC1. The average molecular weight is 273 g/mol. The van der Waals surface area contributed by atoms with E-state index < -0.39 is 0 Å². The first-order chi connectivity index (χ1) is 8.70. The van der Waals surface area contributed by atoms with E-state index in [2.05, 4.69) is 12.2 Å². The maximum atomic E-state index is 11.6. The summed E-state index contributed by atoms with van der Waals surface area (Å²) < 4.78 is 10.4. The number of rotatable bonds is 7. The van der Waals surface area contributed by atoms with Crippen molar-refractivity contribution in [3.05, 3.63) is 0 Å². The lowest BCUT2D eigenvalue weighted by Gasteiger charge is -2.18. The summed E-state index contributed by atoms with van der Waals surface area (Å²) in [5.74, 6) is 0.857. The Hall–Kier alpha value is -0.260. The number of ether oxygens (including phenoxy) is 2. The fourth-order valence-electron chi connectivity index (χ4n) is 2.21. The molecule has 3 unspecified atom stereocenters. The molecular formula is C13H23NO3S. The van der Waals surface area contributed by atoms with E-state index in [0.717, 1.165) is 25.2 Å². The first-order valence-corrected chi connectivity index (χ1v) is 7.82. The molecule has 1 heterocycles. The van der Waals surface area contributed by atoms with Crippen LogP contribution in [-0.2, 0) is 14.3 Å². The zero-order chi connectivity index (χ0) is 13.0. The predicted octanol–water partition coefficient (Wildman–Crippen LogP) is 1.58. The van der Waals surface area contributed by atoms with Gasteiger partial charge in [-0.2, -0.15) is 11.8 Å². The summed E-state index contributed by atoms with van der Waals surface area (Å²) in [5.41, 5.74) is 0. The summed E-state index contributed by atoms with van der Waals surface area (Å²) in [5, 5.41) is 3.95. The summed E-state index contributed by atoms with van der Waals surface area (Å²) in [6, 6.07) is 0.403. The van der Waals surface area contributed by atoms with Gasteiger partial charge in [-0.05, 0) is 38.4 Å². The first kappa shape index (κ1) is 14.2. The fraction of sp³-hybridized carbons (Fsp3) is 0.923. The maximum Gasteiger partial charge on any atom is 0.322 e. The van der Waals surface area contributed by atoms with Crippen molar-refractivity contribution in [2.75, 3.05) is 19.5 Å². The van der Waals surface area contributed by atoms with E-state index in [4.69, 9.17) is 9.47 Å². The van der Waals surface area contributed by atoms with Crippen LogP contribution in [-0.4, -0.2) is 48.9 Å². The Morgan fingerprint density at radius 1 is 1.50 bits per heavy atom. The van der Waals surface area contributed by atoms with Crippen LogP contribution in [0.3, 0.4) is 0 Å². The number of esters is 1. The molecule has 1 saturated heterocycles. The summed E-state index contributed by atoms with van der Waals surface area (Å²) in [6.07, 6.45) is 4.70. The van der Waals surface area contributed by atoms with Gasteiger partial charge in [0, 0.05) is 17.9 Å². The van der Waals surface area contributed by atoms with Gasteiger partial charge in [-0.3, -0.25) is 4.79 Å². The fourth-order valence-corrected chi connectivity index (χ4v) is 3.50. The number of hydrogen-bond acceptors (Lipinski definition) is 5. The number of thioether (sulfide) groups is 1. The van der Waals surface area contributed by atoms with Crippen molar-refractivity contribution in [1.82, 2.24) is 5.32 Å². The van der Waals surface area contributed by atoms with E-state index in [0.29, 0.717) is 17.4 Å². The van der Waals surface area contributed by atoms with E-state index in [-0.39, 0.29) is 12.0 Å². The number of nitrogens with one attached hydrogen (secondary N) is 1. The molecule has 0 bridgehead atoms. The Kier molecular flexibility index (Phi) is 5.33. The van der Waals surface area contributed by atoms with Crippen LogP contribution >= 0.6 is 11.8 Å². The van der Waals surface area contributed by atoms with Crippen LogP contribution < -0.4 is 5.32 Å². The van der Waals surface area contributed by atoms with Gasteiger partial charge < -0.3 is 14.8 Å². The van der Waals surface area contributed by atoms with Gasteiger partial charge in [-0.1, -0.05) is 0 Å². The summed E-state index contributed by atoms with van der Waals surface area (Å²) in [7, 11) is 1.46. The molecule has 0 aromatic heterocycles. The quantitative estimate of drug-likeness (QED) is 0.714. The van der Waals surface area contributed by atoms with Crippen molar-refractivity contribution in [1.29, 1.82) is 0 Å². The van der Waals surface area contributed by atoms with Crippen LogP contribution in [0.4, 0.5) is 0 Å². The van der Waals surface area contributed by atoms with Gasteiger partial charge in [0.25, 0.3) is 0 Å². The molecule has 0 aromatic rings. The molecule has 1 N–H and O–H groups in total. The van der Waals surface area contributed by atoms with E-state index in [1.165, 1.54) is 20.0 Å². The number of methoxy groups -OCH3 is 1. The molecule has 2 aliphatic rings. The van der Waals surface area contributed by atoms with Crippen molar-refractivity contribution in [2.24, 2.45) is 0 Å². The molecule has 0 radical (unpaired) electrons. The number of hydrogen-bond donors (Lipinski definition) is 1. The van der Waals surface area contributed by atoms with Crippen molar-refractivity contribution in [2.45, 2.75) is 56.0 Å². The van der Waals surface area contributed by atoms with Gasteiger partial charge in [0.15, 0.2) is 0 Å². The molecular weight excluding hydrogens is 250 g/mol. The highest BCUT2D eigenvalue weighted by Gasteiger charge is 2.30. The van der Waals surface area contributed by atoms with Gasteiger partial charge >= 0.3 is 5.97 Å². The third kappa shape index (κ3) is 4.14. The standard InChI is InChI=1S/C13H23NO3S/c1-9-12(5-7-17-9)18-8-6-11(13(15)16-2)14-10-3-4-10/h9-12,14H,3-8H2,1-2H3. The molecule has 1 aliphatic carbocycles. The Bertz CT molecular complexity index is 283. The molecule has 2 rings (SSSR count). The van der Waals surface area contributed by atoms with Crippen molar-refractivity contribution >= 4 is 17.7 Å². The van der Waals surface area contributed by atoms with Gasteiger partial charge in [0.05, 0.1) is 13.2 Å². The second-order valence-corrected chi connectivity index (χ2v) is 6.43. The molecule has 2 fully saturated rings. The number of carbonyl (C=O) groups is 1. The molecule has 104 valence electrons. The highest BCUT2D eigenvalue weighted by molar-refractivity contribution is 7.99. The van der Waals surface area contributed by atoms with Crippen LogP contribution in [0, 0.1) is 0 Å². The Labute approximate surface area is 113 Å². The molecule has 1 aliphatic heterocycles. The van der Waals surface area contributed by atoms with Crippen molar-refractivity contribution < 1.29 is 14.3 Å². The van der Waals surface area contributed by atoms with Crippen LogP contribution in [0.5, 0.6) is 0 Å². The van der Waals surface area contributed by atoms with E-state index in [1.54, 1.807) is 0 Å². The lowest BCUT2D eigenvalue weighted by Crippen LogP contribution is -2.39. The maximum absolute atomic E-state index is 11.6. The molecule has 0 spiro atoms. The van der Waals surface area contributed by atoms with Crippen molar-refractivity contribution in [3.8, 4) is 0 Å². The minimum absolute atomic E-state index is 0.127. The summed E-state index contributed by atoms with van der Waals surface area (Å²) in [6.45, 7) is 3.00. The highest BCUT2D eigenvalue weighted by atomic mass is 32.2. The topological polar surface area (TPSA) is 47.6 Å². The monoisotopic (exact) mass is 273 g/mol. The van der Waals surface area contributed by atoms with Gasteiger partial charge in [0.2, 0.25) is 0 Å². The van der Waals surface area contributed by atoms with E-state index in [1.807, 2.05) is 11.8 Å². The van der Waals surface area contributed by atoms with Gasteiger partial charge in [0.1, 0.15) is 6.04 Å². The molecule has 1 saturated carbocycles. The second-order valence-electron chi connectivity index (χ2n) is 5.08. The van der Waals surface area contributed by atoms with Crippen LogP contribution in [0.15, 0.2) is 0 Å². The van der Waals surface area contributed by atoms with Crippen LogP contribution in [0.2, 0.25) is 0 Å². The zero-order valence-corrected chi connectivity index (χ0v) is 12.0. The largest absolute Gasteiger partial charge is 0.468 e. The van der Waals surface area contributed by atoms with E-state index >= 15 is 0 Å². The van der Waals surface area contributed by atoms with E-state index in [9.17, 15) is 4.79 Å². The summed E-state index contributed by atoms with van der Waals surface area (Å²) >= 11 is 1.92. The average Bonchev–Trinajstić information content (AvgIpc) is 3.10.